The zero-order valence-corrected chi connectivity index (χ0v) is 16.3. The second-order valence-electron chi connectivity index (χ2n) is 3.32. The maximum atomic E-state index is 10.3. The van der Waals surface area contributed by atoms with Crippen LogP contribution in [0.4, 0.5) is 0 Å². The number of thiophene rings is 1. The van der Waals surface area contributed by atoms with E-state index in [1.807, 2.05) is 11.4 Å². The molecule has 0 radical (unpaired) electrons. The minimum Gasteiger partial charge on any atom is -0.492 e. The highest BCUT2D eigenvalue weighted by molar-refractivity contribution is 9.11. The summed E-state index contributed by atoms with van der Waals surface area (Å²) in [6.45, 7) is 3.03. The molecule has 0 aliphatic rings. The van der Waals surface area contributed by atoms with Gasteiger partial charge in [0.25, 0.3) is 0 Å². The van der Waals surface area contributed by atoms with Crippen LogP contribution in [0.5, 0.6) is 5.75 Å². The van der Waals surface area contributed by atoms with E-state index in [1.165, 1.54) is 12.8 Å². The Kier molecular flexibility index (Phi) is 10.0. The molecule has 0 saturated heterocycles. The molecule has 0 aromatic carbocycles. The molecule has 8 heteroatoms. The number of hydrogen-bond acceptors (Lipinski definition) is 3. The summed E-state index contributed by atoms with van der Waals surface area (Å²) in [6.07, 6.45) is 1.53. The van der Waals surface area contributed by atoms with E-state index in [-0.39, 0.29) is 8.87 Å². The molecule has 0 amide bonds. The van der Waals surface area contributed by atoms with E-state index < -0.39 is 6.21 Å². The molecule has 1 rings (SSSR count). The Morgan fingerprint density at radius 3 is 2.65 bits per heavy atom. The van der Waals surface area contributed by atoms with Gasteiger partial charge in [0.1, 0.15) is 15.7 Å². The zero-order valence-electron chi connectivity index (χ0n) is 10.7. The molecule has 0 saturated carbocycles. The highest BCUT2D eigenvalue weighted by atomic mass is 79.9. The van der Waals surface area contributed by atoms with Gasteiger partial charge in [-0.05, 0) is 33.8 Å². The maximum absolute atomic E-state index is 10.3. The van der Waals surface area contributed by atoms with Crippen LogP contribution in [-0.2, 0) is 4.57 Å². The molecule has 1 heterocycles. The van der Waals surface area contributed by atoms with Crippen molar-refractivity contribution in [3.05, 3.63) is 15.2 Å². The monoisotopic (exact) mass is 396 g/mol. The quantitative estimate of drug-likeness (QED) is 0.448. The van der Waals surface area contributed by atoms with Gasteiger partial charge >= 0.3 is 0 Å². The van der Waals surface area contributed by atoms with Crippen LogP contribution in [0.2, 0.25) is 0 Å². The fourth-order valence-corrected chi connectivity index (χ4v) is 2.04. The molecular formula is C9H19BrO2P4S. The normalized spacial score (nSPS) is 12.1. The molecule has 0 bridgehead atoms. The highest BCUT2D eigenvalue weighted by Crippen LogP contribution is 2.69. The van der Waals surface area contributed by atoms with Gasteiger partial charge in [0, 0.05) is 0 Å². The lowest BCUT2D eigenvalue weighted by Gasteiger charge is -2.02. The van der Waals surface area contributed by atoms with Crippen LogP contribution >= 0.6 is 60.2 Å². The van der Waals surface area contributed by atoms with Crippen molar-refractivity contribution in [3.8, 4) is 5.75 Å². The Bertz CT molecular complexity index is 371. The third-order valence-corrected chi connectivity index (χ3v) is 3.22. The molecule has 1 aromatic heterocycles. The summed E-state index contributed by atoms with van der Waals surface area (Å²) in [7, 11) is 4.07. The van der Waals surface area contributed by atoms with Gasteiger partial charge in [-0.2, -0.15) is 0 Å². The fraction of sp³-hybridized carbons (Fsp3) is 0.556. The van der Waals surface area contributed by atoms with Crippen molar-refractivity contribution >= 4 is 60.2 Å². The van der Waals surface area contributed by atoms with Crippen LogP contribution in [0.15, 0.2) is 15.2 Å². The summed E-state index contributed by atoms with van der Waals surface area (Å²) in [6, 6.07) is 2.00. The van der Waals surface area contributed by atoms with Crippen molar-refractivity contribution in [3.63, 3.8) is 0 Å². The van der Waals surface area contributed by atoms with E-state index in [2.05, 4.69) is 40.7 Å². The first-order valence-electron chi connectivity index (χ1n) is 5.62. The summed E-state index contributed by atoms with van der Waals surface area (Å²) in [4.78, 5) is 0. The Morgan fingerprint density at radius 1 is 1.59 bits per heavy atom. The van der Waals surface area contributed by atoms with Crippen LogP contribution in [0, 0.1) is 0 Å². The van der Waals surface area contributed by atoms with Crippen molar-refractivity contribution < 1.29 is 9.30 Å². The van der Waals surface area contributed by atoms with Gasteiger partial charge in [-0.1, -0.05) is 46.5 Å². The van der Waals surface area contributed by atoms with Gasteiger partial charge in [0.2, 0.25) is 0 Å². The van der Waals surface area contributed by atoms with E-state index in [1.54, 1.807) is 11.3 Å². The molecule has 1 aromatic rings. The van der Waals surface area contributed by atoms with Gasteiger partial charge in [0.05, 0.1) is 7.89 Å². The second-order valence-corrected chi connectivity index (χ2v) is 18.6. The molecule has 0 fully saturated rings. The summed E-state index contributed by atoms with van der Waals surface area (Å²) in [5.74, 6) is 0.983. The SMILES string of the molecule is CCCCCOc1ccsc1Br.[3H]PP(=O)(P)P. The number of hydrogen-bond donors (Lipinski definition) is 0. The first-order valence-corrected chi connectivity index (χ1v) is 13.1. The number of halogens is 1. The minimum atomic E-state index is -2.12. The maximum Gasteiger partial charge on any atom is 0.144 e. The standard InChI is InChI=1S/C9H13BrOS.H6OP4/c1-2-3-4-6-11-8-5-7-12-9(8)10;1-5(2,3)4/h5,7H,2-4,6H2,1H3;2-4H2/i;2T. The Labute approximate surface area is 124 Å². The third-order valence-electron chi connectivity index (χ3n) is 1.59. The molecule has 0 spiro atoms. The van der Waals surface area contributed by atoms with Crippen LogP contribution in [0.25, 0.3) is 0 Å². The lowest BCUT2D eigenvalue weighted by molar-refractivity contribution is 0.306. The predicted octanol–water partition coefficient (Wildman–Crippen LogP) is 5.80. The highest BCUT2D eigenvalue weighted by Gasteiger charge is 2.00. The largest absolute Gasteiger partial charge is 0.492 e. The second kappa shape index (κ2) is 10.3. The van der Waals surface area contributed by atoms with Gasteiger partial charge in [-0.15, -0.1) is 11.3 Å². The van der Waals surface area contributed by atoms with E-state index in [0.29, 0.717) is 0 Å². The molecule has 100 valence electrons. The summed E-state index contributed by atoms with van der Waals surface area (Å²) >= 11 is 5.09. The van der Waals surface area contributed by atoms with Crippen LogP contribution < -0.4 is 4.74 Å². The van der Waals surface area contributed by atoms with Gasteiger partial charge < -0.3 is 9.30 Å². The van der Waals surface area contributed by atoms with E-state index in [4.69, 9.17) is 6.02 Å². The first kappa shape index (κ1) is 16.6. The minimum absolute atomic E-state index is 0.201. The van der Waals surface area contributed by atoms with E-state index in [9.17, 15) is 4.57 Å². The van der Waals surface area contributed by atoms with Gasteiger partial charge in [-0.3, -0.25) is 0 Å². The molecule has 0 aliphatic carbocycles. The summed E-state index contributed by atoms with van der Waals surface area (Å²) in [5.41, 5.74) is 0. The lowest BCUT2D eigenvalue weighted by Crippen LogP contribution is -1.95. The average Bonchev–Trinajstić information content (AvgIpc) is 2.71. The molecule has 3 unspecified atom stereocenters. The molecule has 0 N–H and O–H groups in total. The van der Waals surface area contributed by atoms with Crippen LogP contribution in [0.3, 0.4) is 0 Å². The fourth-order valence-electron chi connectivity index (χ4n) is 0.918. The number of rotatable bonds is 6. The van der Waals surface area contributed by atoms with Gasteiger partial charge in [0.15, 0.2) is 0 Å². The topological polar surface area (TPSA) is 26.3 Å². The van der Waals surface area contributed by atoms with Crippen LogP contribution in [0.1, 0.15) is 26.2 Å². The third kappa shape index (κ3) is 13.7. The molecule has 17 heavy (non-hydrogen) atoms. The molecule has 2 nitrogen and oxygen atoms in total. The molecular weight excluding hydrogens is 376 g/mol. The average molecular weight is 397 g/mol. The zero-order chi connectivity index (χ0) is 14.0. The van der Waals surface area contributed by atoms with E-state index >= 15 is 0 Å². The van der Waals surface area contributed by atoms with Crippen molar-refractivity contribution in [1.29, 1.82) is 1.28 Å². The van der Waals surface area contributed by atoms with Crippen molar-refractivity contribution in [2.24, 2.45) is 0 Å². The summed E-state index contributed by atoms with van der Waals surface area (Å²) < 4.78 is 23.5. The predicted molar refractivity (Wildman–Crippen MR) is 93.8 cm³/mol. The Morgan fingerprint density at radius 2 is 2.24 bits per heavy atom. The molecule has 0 aliphatic heterocycles. The van der Waals surface area contributed by atoms with Crippen molar-refractivity contribution in [2.75, 3.05) is 6.61 Å². The Balaban J connectivity index is 0.000000411. The first-order chi connectivity index (χ1) is 8.40. The van der Waals surface area contributed by atoms with E-state index in [0.717, 1.165) is 22.6 Å². The van der Waals surface area contributed by atoms with Crippen molar-refractivity contribution in [1.82, 2.24) is 0 Å². The van der Waals surface area contributed by atoms with Crippen molar-refractivity contribution in [2.45, 2.75) is 26.2 Å². The van der Waals surface area contributed by atoms with Gasteiger partial charge in [-0.25, -0.2) is 0 Å². The smallest absolute Gasteiger partial charge is 0.144 e. The Hall–Kier alpha value is 1.50. The summed E-state index contributed by atoms with van der Waals surface area (Å²) in [5, 5.41) is 2.03. The molecule has 3 atom stereocenters. The number of unbranched alkanes of at least 4 members (excludes halogenated alkanes) is 2. The lowest BCUT2D eigenvalue weighted by atomic mass is 10.3. The van der Waals surface area contributed by atoms with Crippen LogP contribution in [-0.4, -0.2) is 7.89 Å². The number of ether oxygens (including phenoxy) is 1.